The van der Waals surface area contributed by atoms with Crippen LogP contribution in [0.1, 0.15) is 35.1 Å². The minimum atomic E-state index is 0.0552. The van der Waals surface area contributed by atoms with Crippen molar-refractivity contribution in [2.75, 3.05) is 13.1 Å². The topological polar surface area (TPSA) is 38.1 Å². The molecule has 0 spiro atoms. The van der Waals surface area contributed by atoms with Crippen molar-refractivity contribution in [3.63, 3.8) is 0 Å². The van der Waals surface area contributed by atoms with Gasteiger partial charge in [0.25, 0.3) is 5.91 Å². The molecule has 0 bridgehead atoms. The molecule has 0 N–H and O–H groups in total. The first kappa shape index (κ1) is 12.9. The van der Waals surface area contributed by atoms with E-state index in [0.29, 0.717) is 11.7 Å². The average Bonchev–Trinajstić information content (AvgIpc) is 3.01. The number of amides is 1. The highest BCUT2D eigenvalue weighted by Gasteiger charge is 2.24. The molecule has 1 aliphatic rings. The summed E-state index contributed by atoms with van der Waals surface area (Å²) in [5.74, 6) is 0.0552. The summed E-state index contributed by atoms with van der Waals surface area (Å²) in [5.41, 5.74) is 1.45. The van der Waals surface area contributed by atoms with Gasteiger partial charge in [0.05, 0.1) is 0 Å². The molecule has 0 aliphatic carbocycles. The van der Waals surface area contributed by atoms with E-state index >= 15 is 0 Å². The van der Waals surface area contributed by atoms with Crippen molar-refractivity contribution in [1.82, 2.24) is 14.5 Å². The normalized spacial score (nSPS) is 16.4. The molecule has 2 aromatic heterocycles. The van der Waals surface area contributed by atoms with Crippen LogP contribution in [-0.2, 0) is 0 Å². The molecule has 0 radical (unpaired) electrons. The predicted octanol–water partition coefficient (Wildman–Crippen LogP) is 2.67. The Morgan fingerprint density at radius 3 is 2.50 bits per heavy atom. The number of carbonyl (C=O) groups excluding carboxylic acids is 1. The van der Waals surface area contributed by atoms with Crippen LogP contribution in [0.2, 0.25) is 0 Å². The predicted molar refractivity (Wildman–Crippen MR) is 77.6 cm³/mol. The van der Waals surface area contributed by atoms with E-state index in [1.165, 1.54) is 0 Å². The van der Waals surface area contributed by atoms with Crippen LogP contribution in [0.4, 0.5) is 0 Å². The van der Waals surface area contributed by atoms with Crippen molar-refractivity contribution < 1.29 is 4.79 Å². The third-order valence-electron chi connectivity index (χ3n) is 3.91. The fraction of sp³-hybridized carbons (Fsp3) is 0.375. The molecule has 0 atom stereocenters. The highest BCUT2D eigenvalue weighted by Crippen LogP contribution is 2.23. The summed E-state index contributed by atoms with van der Waals surface area (Å²) in [5, 5.41) is 0. The Morgan fingerprint density at radius 1 is 1.15 bits per heavy atom. The molecule has 20 heavy (non-hydrogen) atoms. The van der Waals surface area contributed by atoms with Gasteiger partial charge in [0.15, 0.2) is 0 Å². The second kappa shape index (κ2) is 5.49. The van der Waals surface area contributed by atoms with Crippen molar-refractivity contribution in [2.24, 2.45) is 0 Å². The molecular weight excluding hydrogens is 250 g/mol. The van der Waals surface area contributed by atoms with Gasteiger partial charge in [0.2, 0.25) is 0 Å². The van der Waals surface area contributed by atoms with Gasteiger partial charge < -0.3 is 9.47 Å². The largest absolute Gasteiger partial charge is 0.351 e. The molecule has 3 heterocycles. The SMILES string of the molecule is Cc1cccc(C(=O)N2CCC(n3cccc3)CC2)n1. The molecule has 3 rings (SSSR count). The van der Waals surface area contributed by atoms with Crippen LogP contribution in [0, 0.1) is 6.92 Å². The molecule has 0 unspecified atom stereocenters. The quantitative estimate of drug-likeness (QED) is 0.840. The first-order chi connectivity index (χ1) is 9.74. The molecule has 1 amide bonds. The zero-order valence-electron chi connectivity index (χ0n) is 11.7. The molecule has 4 nitrogen and oxygen atoms in total. The molecule has 1 fully saturated rings. The van der Waals surface area contributed by atoms with E-state index in [1.807, 2.05) is 36.1 Å². The highest BCUT2D eigenvalue weighted by atomic mass is 16.2. The van der Waals surface area contributed by atoms with Gasteiger partial charge in [-0.15, -0.1) is 0 Å². The van der Waals surface area contributed by atoms with Crippen LogP contribution >= 0.6 is 0 Å². The summed E-state index contributed by atoms with van der Waals surface area (Å²) >= 11 is 0. The molecule has 0 aromatic carbocycles. The summed E-state index contributed by atoms with van der Waals surface area (Å²) in [6, 6.07) is 10.2. The highest BCUT2D eigenvalue weighted by molar-refractivity contribution is 5.92. The minimum Gasteiger partial charge on any atom is -0.351 e. The Hall–Kier alpha value is -2.10. The Labute approximate surface area is 119 Å². The Morgan fingerprint density at radius 2 is 1.85 bits per heavy atom. The number of hydrogen-bond donors (Lipinski definition) is 0. The van der Waals surface area contributed by atoms with E-state index in [4.69, 9.17) is 0 Å². The molecule has 2 aromatic rings. The van der Waals surface area contributed by atoms with Gasteiger partial charge in [0, 0.05) is 37.2 Å². The number of piperidine rings is 1. The number of aromatic nitrogens is 2. The Balaban J connectivity index is 1.65. The second-order valence-corrected chi connectivity index (χ2v) is 5.32. The lowest BCUT2D eigenvalue weighted by Crippen LogP contribution is -2.39. The molecule has 1 saturated heterocycles. The van der Waals surface area contributed by atoms with Gasteiger partial charge in [-0.3, -0.25) is 4.79 Å². The number of hydrogen-bond acceptors (Lipinski definition) is 2. The summed E-state index contributed by atoms with van der Waals surface area (Å²) in [6.07, 6.45) is 6.22. The van der Waals surface area contributed by atoms with E-state index in [0.717, 1.165) is 31.6 Å². The lowest BCUT2D eigenvalue weighted by atomic mass is 10.0. The number of pyridine rings is 1. The van der Waals surface area contributed by atoms with Crippen LogP contribution in [0.25, 0.3) is 0 Å². The average molecular weight is 269 g/mol. The lowest BCUT2D eigenvalue weighted by Gasteiger charge is -2.32. The van der Waals surface area contributed by atoms with Crippen LogP contribution in [0.3, 0.4) is 0 Å². The van der Waals surface area contributed by atoms with Gasteiger partial charge in [-0.25, -0.2) is 4.98 Å². The number of nitrogens with zero attached hydrogens (tertiary/aromatic N) is 3. The van der Waals surface area contributed by atoms with Gasteiger partial charge in [-0.2, -0.15) is 0 Å². The van der Waals surface area contributed by atoms with Crippen LogP contribution < -0.4 is 0 Å². The lowest BCUT2D eigenvalue weighted by molar-refractivity contribution is 0.0688. The Bertz CT molecular complexity index is 584. The summed E-state index contributed by atoms with van der Waals surface area (Å²) in [7, 11) is 0. The van der Waals surface area contributed by atoms with Crippen LogP contribution in [0.5, 0.6) is 0 Å². The van der Waals surface area contributed by atoms with Crippen molar-refractivity contribution in [2.45, 2.75) is 25.8 Å². The smallest absolute Gasteiger partial charge is 0.272 e. The molecule has 4 heteroatoms. The van der Waals surface area contributed by atoms with E-state index < -0.39 is 0 Å². The zero-order chi connectivity index (χ0) is 13.9. The van der Waals surface area contributed by atoms with Gasteiger partial charge >= 0.3 is 0 Å². The van der Waals surface area contributed by atoms with Crippen molar-refractivity contribution in [3.05, 3.63) is 54.1 Å². The maximum absolute atomic E-state index is 12.4. The van der Waals surface area contributed by atoms with E-state index in [9.17, 15) is 4.79 Å². The first-order valence-electron chi connectivity index (χ1n) is 7.09. The second-order valence-electron chi connectivity index (χ2n) is 5.32. The van der Waals surface area contributed by atoms with E-state index in [2.05, 4.69) is 21.9 Å². The minimum absolute atomic E-state index is 0.0552. The van der Waals surface area contributed by atoms with Gasteiger partial charge in [0.1, 0.15) is 5.69 Å². The third kappa shape index (κ3) is 2.59. The molecular formula is C16H19N3O. The van der Waals surface area contributed by atoms with Crippen LogP contribution in [-0.4, -0.2) is 33.4 Å². The standard InChI is InChI=1S/C16H19N3O/c1-13-5-4-6-15(17-13)16(20)19-11-7-14(8-12-19)18-9-2-3-10-18/h2-6,9-10,14H,7-8,11-12H2,1H3. The number of carbonyl (C=O) groups is 1. The zero-order valence-corrected chi connectivity index (χ0v) is 11.7. The summed E-state index contributed by atoms with van der Waals surface area (Å²) < 4.78 is 2.24. The number of aryl methyl sites for hydroxylation is 1. The third-order valence-corrected chi connectivity index (χ3v) is 3.91. The number of rotatable bonds is 2. The maximum Gasteiger partial charge on any atom is 0.272 e. The van der Waals surface area contributed by atoms with Gasteiger partial charge in [-0.1, -0.05) is 6.07 Å². The fourth-order valence-corrected chi connectivity index (χ4v) is 2.78. The van der Waals surface area contributed by atoms with Crippen molar-refractivity contribution in [1.29, 1.82) is 0 Å². The van der Waals surface area contributed by atoms with Crippen molar-refractivity contribution in [3.8, 4) is 0 Å². The molecule has 1 aliphatic heterocycles. The first-order valence-corrected chi connectivity index (χ1v) is 7.09. The maximum atomic E-state index is 12.4. The fourth-order valence-electron chi connectivity index (χ4n) is 2.78. The van der Waals surface area contributed by atoms with Crippen LogP contribution in [0.15, 0.2) is 42.7 Å². The number of likely N-dealkylation sites (tertiary alicyclic amines) is 1. The van der Waals surface area contributed by atoms with E-state index in [1.54, 1.807) is 6.07 Å². The van der Waals surface area contributed by atoms with E-state index in [-0.39, 0.29) is 5.91 Å². The monoisotopic (exact) mass is 269 g/mol. The Kier molecular flexibility index (Phi) is 3.54. The van der Waals surface area contributed by atoms with Crippen molar-refractivity contribution >= 4 is 5.91 Å². The van der Waals surface area contributed by atoms with Gasteiger partial charge in [-0.05, 0) is 44.0 Å². The molecule has 104 valence electrons. The summed E-state index contributed by atoms with van der Waals surface area (Å²) in [6.45, 7) is 3.52. The summed E-state index contributed by atoms with van der Waals surface area (Å²) in [4.78, 5) is 18.6. The molecule has 0 saturated carbocycles.